The third kappa shape index (κ3) is 3.62. The number of aliphatic hydroxyl groups is 1. The molecule has 18 heavy (non-hydrogen) atoms. The summed E-state index contributed by atoms with van der Waals surface area (Å²) in [5.41, 5.74) is 0.767. The molecule has 0 saturated heterocycles. The average Bonchev–Trinajstić information content (AvgIpc) is 2.43. The lowest BCUT2D eigenvalue weighted by Crippen LogP contribution is -2.28. The van der Waals surface area contributed by atoms with Gasteiger partial charge in [-0.3, -0.25) is 0 Å². The first-order chi connectivity index (χ1) is 8.65. The van der Waals surface area contributed by atoms with Crippen molar-refractivity contribution in [3.8, 4) is 11.5 Å². The van der Waals surface area contributed by atoms with Gasteiger partial charge in [-0.25, -0.2) is 0 Å². The average molecular weight is 253 g/mol. The zero-order valence-corrected chi connectivity index (χ0v) is 11.6. The molecule has 0 amide bonds. The van der Waals surface area contributed by atoms with Crippen molar-refractivity contribution in [3.05, 3.63) is 23.8 Å². The smallest absolute Gasteiger partial charge is 0.124 e. The third-order valence-electron chi connectivity index (χ3n) is 3.12. The zero-order chi connectivity index (χ0) is 13.5. The third-order valence-corrected chi connectivity index (χ3v) is 3.12. The normalized spacial score (nSPS) is 12.6. The van der Waals surface area contributed by atoms with Crippen molar-refractivity contribution < 1.29 is 14.6 Å². The fraction of sp³-hybridized carbons (Fsp3) is 0.571. The summed E-state index contributed by atoms with van der Waals surface area (Å²) in [6.07, 6.45) is -0.574. The van der Waals surface area contributed by atoms with E-state index in [1.807, 2.05) is 18.2 Å². The maximum atomic E-state index is 10.3. The van der Waals surface area contributed by atoms with E-state index in [1.54, 1.807) is 14.2 Å². The molecule has 0 spiro atoms. The Morgan fingerprint density at radius 2 is 1.83 bits per heavy atom. The fourth-order valence-electron chi connectivity index (χ4n) is 1.92. The van der Waals surface area contributed by atoms with E-state index in [1.165, 1.54) is 0 Å². The summed E-state index contributed by atoms with van der Waals surface area (Å²) in [7, 11) is 3.22. The van der Waals surface area contributed by atoms with Crippen molar-refractivity contribution in [1.82, 2.24) is 4.90 Å². The van der Waals surface area contributed by atoms with Gasteiger partial charge < -0.3 is 19.5 Å². The van der Waals surface area contributed by atoms with Crippen molar-refractivity contribution in [2.45, 2.75) is 20.0 Å². The molecule has 1 aromatic rings. The minimum atomic E-state index is -0.574. The summed E-state index contributed by atoms with van der Waals surface area (Å²) in [5, 5.41) is 10.3. The van der Waals surface area contributed by atoms with Crippen LogP contribution in [0.4, 0.5) is 0 Å². The fourth-order valence-corrected chi connectivity index (χ4v) is 1.92. The van der Waals surface area contributed by atoms with E-state index in [9.17, 15) is 5.11 Å². The molecule has 0 fully saturated rings. The zero-order valence-electron chi connectivity index (χ0n) is 11.6. The highest BCUT2D eigenvalue weighted by Crippen LogP contribution is 2.29. The molecule has 1 atom stereocenters. The van der Waals surface area contributed by atoms with Crippen LogP contribution in [0.1, 0.15) is 25.5 Å². The number of aliphatic hydroxyl groups excluding tert-OH is 1. The number of likely N-dealkylation sites (N-methyl/N-ethyl adjacent to an activating group) is 1. The minimum Gasteiger partial charge on any atom is -0.497 e. The van der Waals surface area contributed by atoms with E-state index in [4.69, 9.17) is 9.47 Å². The largest absolute Gasteiger partial charge is 0.497 e. The van der Waals surface area contributed by atoms with Crippen molar-refractivity contribution in [1.29, 1.82) is 0 Å². The maximum absolute atomic E-state index is 10.3. The van der Waals surface area contributed by atoms with E-state index in [2.05, 4.69) is 18.7 Å². The quantitative estimate of drug-likeness (QED) is 0.808. The van der Waals surface area contributed by atoms with Crippen LogP contribution in [0.2, 0.25) is 0 Å². The Morgan fingerprint density at radius 3 is 2.33 bits per heavy atom. The van der Waals surface area contributed by atoms with Crippen molar-refractivity contribution in [2.24, 2.45) is 0 Å². The molecule has 1 rings (SSSR count). The van der Waals surface area contributed by atoms with E-state index in [0.29, 0.717) is 12.3 Å². The Hall–Kier alpha value is -1.26. The van der Waals surface area contributed by atoms with Crippen LogP contribution in [0.25, 0.3) is 0 Å². The number of hydrogen-bond acceptors (Lipinski definition) is 4. The molecular weight excluding hydrogens is 230 g/mol. The number of nitrogens with zero attached hydrogens (tertiary/aromatic N) is 1. The van der Waals surface area contributed by atoms with Gasteiger partial charge in [0.25, 0.3) is 0 Å². The Balaban J connectivity index is 2.91. The van der Waals surface area contributed by atoms with Gasteiger partial charge in [-0.05, 0) is 31.3 Å². The van der Waals surface area contributed by atoms with E-state index < -0.39 is 6.10 Å². The van der Waals surface area contributed by atoms with Crippen LogP contribution in [-0.4, -0.2) is 43.9 Å². The molecule has 0 unspecified atom stereocenters. The van der Waals surface area contributed by atoms with Gasteiger partial charge in [0.05, 0.1) is 20.3 Å². The Labute approximate surface area is 109 Å². The Kier molecular flexibility index (Phi) is 5.95. The molecule has 4 heteroatoms. The van der Waals surface area contributed by atoms with Gasteiger partial charge in [-0.15, -0.1) is 0 Å². The lowest BCUT2D eigenvalue weighted by molar-refractivity contribution is 0.116. The number of hydrogen-bond donors (Lipinski definition) is 1. The van der Waals surface area contributed by atoms with Gasteiger partial charge in [0, 0.05) is 12.1 Å². The molecule has 1 N–H and O–H groups in total. The molecule has 0 aliphatic rings. The van der Waals surface area contributed by atoms with Crippen LogP contribution in [0, 0.1) is 0 Å². The predicted octanol–water partition coefficient (Wildman–Crippen LogP) is 2.08. The molecule has 0 radical (unpaired) electrons. The summed E-state index contributed by atoms with van der Waals surface area (Å²) in [4.78, 5) is 2.17. The van der Waals surface area contributed by atoms with Crippen LogP contribution in [-0.2, 0) is 0 Å². The molecule has 0 bridgehead atoms. The van der Waals surface area contributed by atoms with Crippen molar-refractivity contribution >= 4 is 0 Å². The summed E-state index contributed by atoms with van der Waals surface area (Å²) in [5.74, 6) is 1.42. The van der Waals surface area contributed by atoms with Gasteiger partial charge in [0.15, 0.2) is 0 Å². The summed E-state index contributed by atoms with van der Waals surface area (Å²) < 4.78 is 10.5. The first kappa shape index (κ1) is 14.8. The van der Waals surface area contributed by atoms with E-state index in [-0.39, 0.29) is 0 Å². The summed E-state index contributed by atoms with van der Waals surface area (Å²) >= 11 is 0. The summed E-state index contributed by atoms with van der Waals surface area (Å²) in [6, 6.07) is 5.47. The second kappa shape index (κ2) is 7.24. The number of methoxy groups -OCH3 is 2. The number of ether oxygens (including phenoxy) is 2. The highest BCUT2D eigenvalue weighted by molar-refractivity contribution is 5.41. The minimum absolute atomic E-state index is 0.574. The highest BCUT2D eigenvalue weighted by Gasteiger charge is 2.16. The van der Waals surface area contributed by atoms with Crippen LogP contribution < -0.4 is 9.47 Å². The molecule has 0 heterocycles. The molecule has 0 saturated carbocycles. The van der Waals surface area contributed by atoms with Crippen LogP contribution in [0.5, 0.6) is 11.5 Å². The van der Waals surface area contributed by atoms with Gasteiger partial charge in [0.1, 0.15) is 11.5 Å². The second-order valence-electron chi connectivity index (χ2n) is 4.11. The lowest BCUT2D eigenvalue weighted by atomic mass is 10.1. The van der Waals surface area contributed by atoms with Gasteiger partial charge in [-0.1, -0.05) is 13.8 Å². The number of benzene rings is 1. The van der Waals surface area contributed by atoms with Gasteiger partial charge in [-0.2, -0.15) is 0 Å². The molecule has 0 aliphatic heterocycles. The van der Waals surface area contributed by atoms with Crippen molar-refractivity contribution in [2.75, 3.05) is 33.9 Å². The standard InChI is InChI=1S/C14H23NO3/c1-5-15(6-2)10-13(16)12-9-11(17-3)7-8-14(12)18-4/h7-9,13,16H,5-6,10H2,1-4H3/t13-/m1/s1. The predicted molar refractivity (Wildman–Crippen MR) is 72.3 cm³/mol. The Morgan fingerprint density at radius 1 is 1.17 bits per heavy atom. The molecule has 1 aromatic carbocycles. The van der Waals surface area contributed by atoms with E-state index in [0.717, 1.165) is 24.4 Å². The lowest BCUT2D eigenvalue weighted by Gasteiger charge is -2.23. The first-order valence-electron chi connectivity index (χ1n) is 6.28. The van der Waals surface area contributed by atoms with Crippen molar-refractivity contribution in [3.63, 3.8) is 0 Å². The molecular formula is C14H23NO3. The molecule has 0 aromatic heterocycles. The topological polar surface area (TPSA) is 41.9 Å². The first-order valence-corrected chi connectivity index (χ1v) is 6.28. The maximum Gasteiger partial charge on any atom is 0.124 e. The molecule has 102 valence electrons. The van der Waals surface area contributed by atoms with E-state index >= 15 is 0 Å². The molecule has 0 aliphatic carbocycles. The summed E-state index contributed by atoms with van der Waals surface area (Å²) in [6.45, 7) is 6.59. The SMILES string of the molecule is CCN(CC)C[C@@H](O)c1cc(OC)ccc1OC. The Bertz CT molecular complexity index is 364. The monoisotopic (exact) mass is 253 g/mol. The molecule has 4 nitrogen and oxygen atoms in total. The van der Waals surface area contributed by atoms with Gasteiger partial charge in [0.2, 0.25) is 0 Å². The van der Waals surface area contributed by atoms with Crippen LogP contribution >= 0.6 is 0 Å². The van der Waals surface area contributed by atoms with Crippen LogP contribution in [0.15, 0.2) is 18.2 Å². The van der Waals surface area contributed by atoms with Gasteiger partial charge >= 0.3 is 0 Å². The second-order valence-corrected chi connectivity index (χ2v) is 4.11. The number of rotatable bonds is 7. The van der Waals surface area contributed by atoms with Crippen LogP contribution in [0.3, 0.4) is 0 Å². The highest BCUT2D eigenvalue weighted by atomic mass is 16.5.